The first-order valence-corrected chi connectivity index (χ1v) is 23.3. The maximum absolute atomic E-state index is 11.6. The molecular formula is C54H52O19. The Morgan fingerprint density at radius 2 is 0.973 bits per heavy atom. The van der Waals surface area contributed by atoms with E-state index in [1.165, 1.54) is 48.5 Å². The summed E-state index contributed by atoms with van der Waals surface area (Å²) in [7, 11) is 0. The van der Waals surface area contributed by atoms with Crippen LogP contribution in [-0.2, 0) is 14.2 Å². The molecule has 6 aromatic carbocycles. The Balaban J connectivity index is 1.05. The normalized spacial score (nSPS) is 29.6. The van der Waals surface area contributed by atoms with E-state index >= 15 is 0 Å². The van der Waals surface area contributed by atoms with Crippen LogP contribution in [0, 0.1) is 0 Å². The average molecular weight is 1000 g/mol. The summed E-state index contributed by atoms with van der Waals surface area (Å²) < 4.78 is 36.6. The van der Waals surface area contributed by atoms with Crippen molar-refractivity contribution in [2.24, 2.45) is 0 Å². The molecule has 14 atom stereocenters. The van der Waals surface area contributed by atoms with Gasteiger partial charge in [-0.25, -0.2) is 0 Å². The molecule has 0 aliphatic carbocycles. The molecule has 0 radical (unpaired) electrons. The van der Waals surface area contributed by atoms with E-state index in [1.54, 1.807) is 78.9 Å². The highest BCUT2D eigenvalue weighted by Gasteiger charge is 2.49. The molecule has 0 unspecified atom stereocenters. The van der Waals surface area contributed by atoms with E-state index in [-0.39, 0.29) is 46.0 Å². The summed E-state index contributed by atoms with van der Waals surface area (Å²) in [6, 6.07) is 29.5. The monoisotopic (exact) mass is 1000 g/mol. The third-order valence-corrected chi connectivity index (χ3v) is 13.6. The number of phenolic OH excluding ortho intramolecular Hbond substituents is 6. The summed E-state index contributed by atoms with van der Waals surface area (Å²) in [5.74, 6) is -1.72. The van der Waals surface area contributed by atoms with Crippen LogP contribution in [0.25, 0.3) is 12.2 Å². The molecule has 73 heavy (non-hydrogen) atoms. The lowest BCUT2D eigenvalue weighted by Crippen LogP contribution is -2.62. The first kappa shape index (κ1) is 49.4. The van der Waals surface area contributed by atoms with Gasteiger partial charge in [0.25, 0.3) is 0 Å². The summed E-state index contributed by atoms with van der Waals surface area (Å²) in [5, 5.41) is 139. The molecule has 19 heteroatoms. The summed E-state index contributed by atoms with van der Waals surface area (Å²) >= 11 is 0. The molecule has 2 fully saturated rings. The molecule has 0 bridgehead atoms. The average Bonchev–Trinajstić information content (AvgIpc) is 3.95. The first-order valence-electron chi connectivity index (χ1n) is 23.3. The largest absolute Gasteiger partial charge is 0.508 e. The molecule has 4 aliphatic rings. The molecular weight excluding hydrogens is 953 g/mol. The van der Waals surface area contributed by atoms with Crippen molar-refractivity contribution in [3.63, 3.8) is 0 Å². The minimum atomic E-state index is -1.89. The van der Waals surface area contributed by atoms with Gasteiger partial charge in [-0.2, -0.15) is 0 Å². The predicted molar refractivity (Wildman–Crippen MR) is 255 cm³/mol. The van der Waals surface area contributed by atoms with Crippen molar-refractivity contribution in [2.45, 2.75) is 85.5 Å². The Morgan fingerprint density at radius 1 is 0.452 bits per heavy atom. The third kappa shape index (κ3) is 9.66. The van der Waals surface area contributed by atoms with Crippen LogP contribution in [0.15, 0.2) is 115 Å². The lowest BCUT2D eigenvalue weighted by atomic mass is 9.75. The van der Waals surface area contributed by atoms with Crippen molar-refractivity contribution < 1.29 is 94.8 Å². The highest BCUT2D eigenvalue weighted by molar-refractivity contribution is 5.76. The molecule has 382 valence electrons. The van der Waals surface area contributed by atoms with E-state index < -0.39 is 98.7 Å². The smallest absolute Gasteiger partial charge is 0.229 e. The SMILES string of the molecule is OC[C@H]1O[C@@H](OC[C@H]2O[C@@H](Oc3cc(O)cc([C@H]4c5c(cc(O)cc5[C@@H]5c6c(/C=C\c7ccc(O)cc7)cc(O)cc6O[C@H]5c5ccc(O)cc5)O[C@H]4c4ccc(O)cc4)c3)[C@H](O)[C@@H](O)[C@@H]2O)[C@H](O)[C@@H](O)[C@@H]1O. The van der Waals surface area contributed by atoms with E-state index in [0.29, 0.717) is 44.7 Å². The Morgan fingerprint density at radius 3 is 1.59 bits per heavy atom. The lowest BCUT2D eigenvalue weighted by Gasteiger charge is -2.42. The molecule has 19 nitrogen and oxygen atoms in total. The van der Waals surface area contributed by atoms with Gasteiger partial charge in [0, 0.05) is 29.3 Å². The second-order valence-electron chi connectivity index (χ2n) is 18.5. The Bertz CT molecular complexity index is 2960. The maximum atomic E-state index is 11.6. The Kier molecular flexibility index (Phi) is 13.6. The summed E-state index contributed by atoms with van der Waals surface area (Å²) in [6.45, 7) is -1.35. The predicted octanol–water partition coefficient (Wildman–Crippen LogP) is 3.62. The molecule has 6 aromatic rings. The second-order valence-corrected chi connectivity index (χ2v) is 18.5. The summed E-state index contributed by atoms with van der Waals surface area (Å²) in [5.41, 5.74) is 4.47. The van der Waals surface area contributed by atoms with Gasteiger partial charge in [-0.3, -0.25) is 0 Å². The quantitative estimate of drug-likeness (QED) is 0.0779. The molecule has 13 N–H and O–H groups in total. The number of aromatic hydroxyl groups is 6. The van der Waals surface area contributed by atoms with Crippen LogP contribution in [0.1, 0.15) is 68.6 Å². The van der Waals surface area contributed by atoms with Crippen LogP contribution in [0.5, 0.6) is 51.7 Å². The fourth-order valence-electron chi connectivity index (χ4n) is 10.0. The van der Waals surface area contributed by atoms with E-state index in [0.717, 1.165) is 5.56 Å². The van der Waals surface area contributed by atoms with Crippen molar-refractivity contribution in [1.29, 1.82) is 0 Å². The number of aliphatic hydroxyl groups is 7. The highest BCUT2D eigenvalue weighted by atomic mass is 16.7. The second kappa shape index (κ2) is 20.0. The number of hydrogen-bond acceptors (Lipinski definition) is 19. The number of fused-ring (bicyclic) bond motifs is 2. The lowest BCUT2D eigenvalue weighted by molar-refractivity contribution is -0.323. The minimum absolute atomic E-state index is 0.00473. The topological polar surface area (TPSA) is 318 Å². The molecule has 0 saturated carbocycles. The number of ether oxygens (including phenoxy) is 6. The van der Waals surface area contributed by atoms with E-state index in [1.807, 2.05) is 0 Å². The molecule has 4 aliphatic heterocycles. The zero-order valence-corrected chi connectivity index (χ0v) is 38.4. The van der Waals surface area contributed by atoms with Gasteiger partial charge in [-0.1, -0.05) is 48.6 Å². The van der Waals surface area contributed by atoms with Crippen molar-refractivity contribution >= 4 is 12.2 Å². The van der Waals surface area contributed by atoms with Gasteiger partial charge in [0.05, 0.1) is 25.0 Å². The van der Waals surface area contributed by atoms with Crippen LogP contribution in [0.2, 0.25) is 0 Å². The number of aliphatic hydroxyl groups excluding tert-OH is 7. The molecule has 4 heterocycles. The first-order chi connectivity index (χ1) is 35.0. The van der Waals surface area contributed by atoms with Gasteiger partial charge in [-0.15, -0.1) is 0 Å². The number of hydrogen-bond donors (Lipinski definition) is 13. The minimum Gasteiger partial charge on any atom is -0.508 e. The van der Waals surface area contributed by atoms with Crippen molar-refractivity contribution in [1.82, 2.24) is 0 Å². The summed E-state index contributed by atoms with van der Waals surface area (Å²) in [4.78, 5) is 0. The fraction of sp³-hybridized carbons (Fsp3) is 0.296. The molecule has 0 amide bonds. The standard InChI is InChI=1S/C54H52O19/c55-22-39-45(62)47(64)49(66)53(72-39)68-23-40-46(63)48(65)50(67)54(73-40)69-35-17-28(16-32(59)18-35)42-43-36(19-34(61)21-38(43)71-51(42)25-5-11-30(57)12-6-25)44-41-27(4-1-24-2-9-29(56)10-3-24)15-33(60)20-37(41)70-52(44)26-7-13-31(58)14-8-26/h1-21,39-40,42,44-67H,22-23H2/b4-1-/t39-,40-,42+,44-,45-,46-,47+,48+,49-,50-,51+,52+,53-,54-/m1/s1. The van der Waals surface area contributed by atoms with E-state index in [2.05, 4.69) is 0 Å². The number of benzene rings is 6. The van der Waals surface area contributed by atoms with E-state index in [4.69, 9.17) is 28.4 Å². The van der Waals surface area contributed by atoms with Crippen LogP contribution in [-0.4, -0.2) is 141 Å². The Labute approximate surface area is 416 Å². The van der Waals surface area contributed by atoms with Crippen molar-refractivity contribution in [2.75, 3.05) is 13.2 Å². The van der Waals surface area contributed by atoms with Crippen LogP contribution >= 0.6 is 0 Å². The van der Waals surface area contributed by atoms with Gasteiger partial charge in [0.1, 0.15) is 113 Å². The highest BCUT2D eigenvalue weighted by Crippen LogP contribution is 2.60. The van der Waals surface area contributed by atoms with Crippen molar-refractivity contribution in [3.8, 4) is 51.7 Å². The number of phenols is 6. The van der Waals surface area contributed by atoms with Gasteiger partial charge < -0.3 is 94.8 Å². The molecule has 0 spiro atoms. The van der Waals surface area contributed by atoms with Crippen LogP contribution < -0.4 is 14.2 Å². The zero-order chi connectivity index (χ0) is 51.4. The van der Waals surface area contributed by atoms with Gasteiger partial charge in [0.2, 0.25) is 6.29 Å². The fourth-order valence-corrected chi connectivity index (χ4v) is 10.0. The molecule has 2 saturated heterocycles. The van der Waals surface area contributed by atoms with E-state index in [9.17, 15) is 66.4 Å². The maximum Gasteiger partial charge on any atom is 0.229 e. The van der Waals surface area contributed by atoms with Crippen LogP contribution in [0.4, 0.5) is 0 Å². The van der Waals surface area contributed by atoms with Gasteiger partial charge in [0.15, 0.2) is 6.29 Å². The third-order valence-electron chi connectivity index (χ3n) is 13.6. The molecule has 0 aromatic heterocycles. The van der Waals surface area contributed by atoms with Gasteiger partial charge in [-0.05, 0) is 94.0 Å². The molecule has 10 rings (SSSR count). The number of rotatable bonds is 12. The summed E-state index contributed by atoms with van der Waals surface area (Å²) in [6.07, 6.45) is -15.0. The Hall–Kier alpha value is -7.14. The van der Waals surface area contributed by atoms with Gasteiger partial charge >= 0.3 is 0 Å². The van der Waals surface area contributed by atoms with Crippen LogP contribution in [0.3, 0.4) is 0 Å². The zero-order valence-electron chi connectivity index (χ0n) is 38.4. The van der Waals surface area contributed by atoms with Crippen molar-refractivity contribution in [3.05, 3.63) is 160 Å².